The Morgan fingerprint density at radius 2 is 1.76 bits per heavy atom. The molecule has 1 atom stereocenters. The smallest absolute Gasteiger partial charge is 0.368 e. The summed E-state index contributed by atoms with van der Waals surface area (Å²) in [4.78, 5) is 35.2. The first-order valence-electron chi connectivity index (χ1n) is 7.10. The average molecular weight is 353 g/mol. The summed E-state index contributed by atoms with van der Waals surface area (Å²) >= 11 is 0. The van der Waals surface area contributed by atoms with Crippen molar-refractivity contribution < 1.29 is 22.8 Å². The second-order valence-electron chi connectivity index (χ2n) is 5.20. The summed E-state index contributed by atoms with van der Waals surface area (Å²) in [5.41, 5.74) is 3.83. The van der Waals surface area contributed by atoms with E-state index in [4.69, 9.17) is 5.73 Å². The summed E-state index contributed by atoms with van der Waals surface area (Å²) in [5, 5.41) is 2.31. The summed E-state index contributed by atoms with van der Waals surface area (Å²) in [6, 6.07) is 8.29. The minimum Gasteiger partial charge on any atom is -0.368 e. The summed E-state index contributed by atoms with van der Waals surface area (Å²) in [5.74, 6) is -1.66. The highest BCUT2D eigenvalue weighted by atomic mass is 19.4. The zero-order valence-corrected chi connectivity index (χ0v) is 12.8. The lowest BCUT2D eigenvalue weighted by Crippen LogP contribution is -2.40. The predicted octanol–water partition coefficient (Wildman–Crippen LogP) is 1.21. The molecule has 0 saturated heterocycles. The number of hydrogen-bond donors (Lipinski definition) is 2. The first-order valence-corrected chi connectivity index (χ1v) is 7.10. The zero-order valence-electron chi connectivity index (χ0n) is 12.8. The van der Waals surface area contributed by atoms with Crippen molar-refractivity contribution in [1.82, 2.24) is 9.88 Å². The van der Waals surface area contributed by atoms with Gasteiger partial charge in [-0.2, -0.15) is 13.2 Å². The number of nitrogens with zero attached hydrogens (tertiary/aromatic N) is 1. The van der Waals surface area contributed by atoms with Crippen LogP contribution in [0, 0.1) is 0 Å². The number of benzene rings is 1. The molecule has 2 aromatic rings. The van der Waals surface area contributed by atoms with E-state index in [-0.39, 0.29) is 0 Å². The van der Waals surface area contributed by atoms with Gasteiger partial charge in [0.2, 0.25) is 11.8 Å². The number of carbonyl (C=O) groups is 2. The maximum absolute atomic E-state index is 12.7. The molecule has 1 unspecified atom stereocenters. The van der Waals surface area contributed by atoms with Gasteiger partial charge in [-0.25, -0.2) is 0 Å². The molecule has 0 saturated carbocycles. The Bertz CT molecular complexity index is 832. The molecule has 0 aliphatic heterocycles. The molecule has 0 aliphatic carbocycles. The van der Waals surface area contributed by atoms with Gasteiger partial charge in [0, 0.05) is 12.3 Å². The Balaban J connectivity index is 2.19. The van der Waals surface area contributed by atoms with Gasteiger partial charge in [0.15, 0.2) is 0 Å². The standard InChI is InChI=1S/C16H14F3N3O3/c17-16(18,19)11-6-7-13(24)22(8-11)9-12(23)21-14(15(20)25)10-4-2-1-3-5-10/h1-8,14H,9H2,(H2,20,25)(H,21,23). The van der Waals surface area contributed by atoms with Crippen molar-refractivity contribution in [3.63, 3.8) is 0 Å². The van der Waals surface area contributed by atoms with Crippen molar-refractivity contribution in [3.8, 4) is 0 Å². The molecule has 9 heteroatoms. The molecule has 3 N–H and O–H groups in total. The molecule has 0 aliphatic rings. The second-order valence-corrected chi connectivity index (χ2v) is 5.20. The van der Waals surface area contributed by atoms with Gasteiger partial charge in [-0.1, -0.05) is 30.3 Å². The van der Waals surface area contributed by atoms with Crippen molar-refractivity contribution in [2.24, 2.45) is 5.73 Å². The van der Waals surface area contributed by atoms with Crippen molar-refractivity contribution in [3.05, 3.63) is 70.1 Å². The molecule has 1 aromatic carbocycles. The fourth-order valence-corrected chi connectivity index (χ4v) is 2.15. The van der Waals surface area contributed by atoms with E-state index in [1.54, 1.807) is 30.3 Å². The Kier molecular flexibility index (Phi) is 5.26. The lowest BCUT2D eigenvalue weighted by molar-refractivity contribution is -0.138. The third-order valence-corrected chi connectivity index (χ3v) is 3.35. The van der Waals surface area contributed by atoms with Crippen LogP contribution in [0.5, 0.6) is 0 Å². The molecular weight excluding hydrogens is 339 g/mol. The molecule has 2 rings (SSSR count). The first kappa shape index (κ1) is 18.2. The number of amides is 2. The molecule has 2 amide bonds. The number of carbonyl (C=O) groups excluding carboxylic acids is 2. The number of aromatic nitrogens is 1. The lowest BCUT2D eigenvalue weighted by Gasteiger charge is -2.16. The Morgan fingerprint density at radius 3 is 2.32 bits per heavy atom. The summed E-state index contributed by atoms with van der Waals surface area (Å²) in [6.07, 6.45) is -4.10. The van der Waals surface area contributed by atoms with Crippen LogP contribution in [-0.4, -0.2) is 16.4 Å². The molecule has 6 nitrogen and oxygen atoms in total. The van der Waals surface area contributed by atoms with E-state index >= 15 is 0 Å². The highest BCUT2D eigenvalue weighted by molar-refractivity contribution is 5.87. The minimum atomic E-state index is -4.65. The highest BCUT2D eigenvalue weighted by Gasteiger charge is 2.31. The number of pyridine rings is 1. The van der Waals surface area contributed by atoms with Crippen LogP contribution in [0.3, 0.4) is 0 Å². The van der Waals surface area contributed by atoms with Crippen LogP contribution in [0.4, 0.5) is 13.2 Å². The van der Waals surface area contributed by atoms with Gasteiger partial charge in [-0.05, 0) is 11.6 Å². The Labute approximate surface area is 140 Å². The van der Waals surface area contributed by atoms with Crippen LogP contribution in [-0.2, 0) is 22.3 Å². The van der Waals surface area contributed by atoms with E-state index in [1.165, 1.54) is 0 Å². The zero-order chi connectivity index (χ0) is 18.6. The molecule has 0 fully saturated rings. The average Bonchev–Trinajstić information content (AvgIpc) is 2.54. The predicted molar refractivity (Wildman–Crippen MR) is 82.2 cm³/mol. The van der Waals surface area contributed by atoms with E-state index in [1.807, 2.05) is 0 Å². The van der Waals surface area contributed by atoms with Crippen molar-refractivity contribution in [2.75, 3.05) is 0 Å². The highest BCUT2D eigenvalue weighted by Crippen LogP contribution is 2.28. The van der Waals surface area contributed by atoms with Crippen molar-refractivity contribution in [1.29, 1.82) is 0 Å². The van der Waals surface area contributed by atoms with Crippen molar-refractivity contribution in [2.45, 2.75) is 18.8 Å². The van der Waals surface area contributed by atoms with Gasteiger partial charge in [-0.15, -0.1) is 0 Å². The number of halogens is 3. The first-order chi connectivity index (χ1) is 11.7. The number of primary amides is 1. The van der Waals surface area contributed by atoms with E-state index in [2.05, 4.69) is 5.32 Å². The van der Waals surface area contributed by atoms with Gasteiger partial charge in [0.1, 0.15) is 12.6 Å². The van der Waals surface area contributed by atoms with Crippen LogP contribution < -0.4 is 16.6 Å². The molecule has 1 aromatic heterocycles. The van der Waals surface area contributed by atoms with Gasteiger partial charge in [0.05, 0.1) is 5.56 Å². The summed E-state index contributed by atoms with van der Waals surface area (Å²) in [6.45, 7) is -0.681. The Morgan fingerprint density at radius 1 is 1.12 bits per heavy atom. The quantitative estimate of drug-likeness (QED) is 0.846. The van der Waals surface area contributed by atoms with Crippen LogP contribution >= 0.6 is 0 Å². The maximum Gasteiger partial charge on any atom is 0.417 e. The summed E-state index contributed by atoms with van der Waals surface area (Å²) < 4.78 is 38.7. The normalized spacial score (nSPS) is 12.4. The van der Waals surface area contributed by atoms with Gasteiger partial charge in [-0.3, -0.25) is 14.4 Å². The summed E-state index contributed by atoms with van der Waals surface area (Å²) in [7, 11) is 0. The van der Waals surface area contributed by atoms with E-state index in [9.17, 15) is 27.6 Å². The fraction of sp³-hybridized carbons (Fsp3) is 0.188. The van der Waals surface area contributed by atoms with Crippen molar-refractivity contribution >= 4 is 11.8 Å². The topological polar surface area (TPSA) is 94.2 Å². The number of hydrogen-bond acceptors (Lipinski definition) is 3. The minimum absolute atomic E-state index is 0.416. The number of nitrogens with two attached hydrogens (primary N) is 1. The Hall–Kier alpha value is -3.10. The van der Waals surface area contributed by atoms with Crippen LogP contribution in [0.15, 0.2) is 53.5 Å². The van der Waals surface area contributed by atoms with Crippen LogP contribution in [0.1, 0.15) is 17.2 Å². The molecule has 0 bridgehead atoms. The third kappa shape index (κ3) is 4.69. The van der Waals surface area contributed by atoms with Gasteiger partial charge in [0.25, 0.3) is 5.56 Å². The SMILES string of the molecule is NC(=O)C(NC(=O)Cn1cc(C(F)(F)F)ccc1=O)c1ccccc1. The van der Waals surface area contributed by atoms with Crippen LogP contribution in [0.25, 0.3) is 0 Å². The largest absolute Gasteiger partial charge is 0.417 e. The lowest BCUT2D eigenvalue weighted by atomic mass is 10.1. The van der Waals surface area contributed by atoms with Gasteiger partial charge < -0.3 is 15.6 Å². The van der Waals surface area contributed by atoms with E-state index < -0.39 is 41.7 Å². The van der Waals surface area contributed by atoms with E-state index in [0.717, 1.165) is 6.07 Å². The molecule has 0 radical (unpaired) electrons. The molecule has 25 heavy (non-hydrogen) atoms. The number of rotatable bonds is 5. The van der Waals surface area contributed by atoms with Crippen LogP contribution in [0.2, 0.25) is 0 Å². The molecular formula is C16H14F3N3O3. The number of alkyl halides is 3. The maximum atomic E-state index is 12.7. The third-order valence-electron chi connectivity index (χ3n) is 3.35. The molecule has 0 spiro atoms. The van der Waals surface area contributed by atoms with E-state index in [0.29, 0.717) is 22.4 Å². The van der Waals surface area contributed by atoms with Gasteiger partial charge >= 0.3 is 6.18 Å². The number of nitrogens with one attached hydrogen (secondary N) is 1. The second kappa shape index (κ2) is 7.20. The monoisotopic (exact) mass is 353 g/mol. The molecule has 132 valence electrons. The molecule has 1 heterocycles. The fourth-order valence-electron chi connectivity index (χ4n) is 2.15.